The van der Waals surface area contributed by atoms with E-state index in [1.54, 1.807) is 16.9 Å². The molecular formula is C27H36N4O2. The zero-order valence-corrected chi connectivity index (χ0v) is 19.9. The van der Waals surface area contributed by atoms with Gasteiger partial charge in [-0.2, -0.15) is 5.10 Å². The maximum Gasteiger partial charge on any atom is 0.274 e. The monoisotopic (exact) mass is 448 g/mol. The Labute approximate surface area is 197 Å². The number of likely N-dealkylation sites (tertiary alicyclic amines) is 1. The summed E-state index contributed by atoms with van der Waals surface area (Å²) in [6, 6.07) is 12.2. The summed E-state index contributed by atoms with van der Waals surface area (Å²) in [4.78, 5) is 30.0. The molecule has 0 saturated carbocycles. The molecule has 2 aromatic rings. The number of aromatic nitrogens is 2. The third-order valence-electron chi connectivity index (χ3n) is 7.24. The number of aryl methyl sites for hydroxylation is 1. The van der Waals surface area contributed by atoms with Gasteiger partial charge in [0, 0.05) is 45.8 Å². The minimum Gasteiger partial charge on any atom is -0.342 e. The molecule has 1 aliphatic heterocycles. The number of amides is 2. The van der Waals surface area contributed by atoms with Crippen LogP contribution in [-0.2, 0) is 18.3 Å². The van der Waals surface area contributed by atoms with E-state index >= 15 is 0 Å². The minimum absolute atomic E-state index is 0.0423. The quantitative estimate of drug-likeness (QED) is 0.596. The van der Waals surface area contributed by atoms with Gasteiger partial charge < -0.3 is 9.80 Å². The van der Waals surface area contributed by atoms with Crippen molar-refractivity contribution >= 4 is 11.8 Å². The van der Waals surface area contributed by atoms with Crippen LogP contribution in [0.25, 0.3) is 0 Å². The van der Waals surface area contributed by atoms with Crippen molar-refractivity contribution in [1.29, 1.82) is 0 Å². The molecule has 4 rings (SSSR count). The molecule has 1 saturated heterocycles. The zero-order chi connectivity index (χ0) is 23.2. The summed E-state index contributed by atoms with van der Waals surface area (Å²) >= 11 is 0. The summed E-state index contributed by atoms with van der Waals surface area (Å²) in [7, 11) is 3.73. The Balaban J connectivity index is 1.43. The Morgan fingerprint density at radius 1 is 1.12 bits per heavy atom. The molecule has 0 N–H and O–H groups in total. The molecule has 2 heterocycles. The average molecular weight is 449 g/mol. The number of carbonyl (C=O) groups excluding carboxylic acids is 2. The Hall–Kier alpha value is -2.89. The summed E-state index contributed by atoms with van der Waals surface area (Å²) in [5.74, 6) is 0.569. The first kappa shape index (κ1) is 23.3. The summed E-state index contributed by atoms with van der Waals surface area (Å²) in [6.45, 7) is 1.54. The lowest BCUT2D eigenvalue weighted by atomic mass is 9.84. The molecule has 1 atom stereocenters. The van der Waals surface area contributed by atoms with Gasteiger partial charge in [-0.3, -0.25) is 14.3 Å². The molecule has 6 heteroatoms. The fourth-order valence-electron chi connectivity index (χ4n) is 5.24. The van der Waals surface area contributed by atoms with Crippen LogP contribution >= 0.6 is 0 Å². The second kappa shape index (κ2) is 10.8. The van der Waals surface area contributed by atoms with Gasteiger partial charge in [-0.1, -0.05) is 42.0 Å². The van der Waals surface area contributed by atoms with Crippen molar-refractivity contribution in [3.8, 4) is 0 Å². The Kier molecular flexibility index (Phi) is 7.63. The van der Waals surface area contributed by atoms with E-state index in [4.69, 9.17) is 0 Å². The summed E-state index contributed by atoms with van der Waals surface area (Å²) in [5, 5.41) is 4.32. The first-order chi connectivity index (χ1) is 16.0. The van der Waals surface area contributed by atoms with Crippen molar-refractivity contribution in [2.75, 3.05) is 20.1 Å². The van der Waals surface area contributed by atoms with E-state index in [9.17, 15) is 9.59 Å². The summed E-state index contributed by atoms with van der Waals surface area (Å²) < 4.78 is 1.67. The van der Waals surface area contributed by atoms with Crippen LogP contribution in [0.2, 0.25) is 0 Å². The molecule has 2 aliphatic rings. The van der Waals surface area contributed by atoms with Crippen molar-refractivity contribution in [2.24, 2.45) is 13.0 Å². The lowest BCUT2D eigenvalue weighted by molar-refractivity contribution is -0.132. The molecule has 1 aliphatic carbocycles. The van der Waals surface area contributed by atoms with Crippen LogP contribution in [0.1, 0.15) is 61.0 Å². The lowest BCUT2D eigenvalue weighted by Gasteiger charge is -2.40. The summed E-state index contributed by atoms with van der Waals surface area (Å²) in [5.41, 5.74) is 3.02. The molecule has 6 nitrogen and oxygen atoms in total. The molecule has 0 bridgehead atoms. The van der Waals surface area contributed by atoms with Crippen LogP contribution in [0.3, 0.4) is 0 Å². The number of piperidine rings is 1. The number of hydrogen-bond acceptors (Lipinski definition) is 3. The van der Waals surface area contributed by atoms with Crippen LogP contribution < -0.4 is 0 Å². The van der Waals surface area contributed by atoms with E-state index in [1.807, 2.05) is 42.1 Å². The number of benzene rings is 1. The number of hydrogen-bond donors (Lipinski definition) is 0. The van der Waals surface area contributed by atoms with E-state index in [2.05, 4.69) is 23.3 Å². The van der Waals surface area contributed by atoms with Gasteiger partial charge in [-0.25, -0.2) is 0 Å². The standard InChI is InChI=1S/C27H36N4O2/c1-29-16-15-24(28-29)27(33)30(2)25(19-21-9-5-3-6-10-21)23-13-17-31(18-14-23)26(32)20-22-11-7-4-8-12-22/h3,5-6,9-11,15-16,23,25H,4,7-8,12-14,17-20H2,1-2H3. The second-order valence-corrected chi connectivity index (χ2v) is 9.55. The van der Waals surface area contributed by atoms with Crippen molar-refractivity contribution in [3.05, 3.63) is 65.5 Å². The van der Waals surface area contributed by atoms with Crippen LogP contribution in [0.4, 0.5) is 0 Å². The highest BCUT2D eigenvalue weighted by molar-refractivity contribution is 5.92. The molecule has 1 unspecified atom stereocenters. The highest BCUT2D eigenvalue weighted by Gasteiger charge is 2.33. The minimum atomic E-state index is -0.0423. The number of likely N-dealkylation sites (N-methyl/N-ethyl adjacent to an activating group) is 1. The molecule has 2 amide bonds. The summed E-state index contributed by atoms with van der Waals surface area (Å²) in [6.07, 6.45) is 11.9. The van der Waals surface area contributed by atoms with Gasteiger partial charge >= 0.3 is 0 Å². The number of allylic oxidation sites excluding steroid dienone is 1. The maximum absolute atomic E-state index is 13.2. The normalized spacial score (nSPS) is 18.0. The van der Waals surface area contributed by atoms with Crippen LogP contribution in [-0.4, -0.2) is 57.6 Å². The Bertz CT molecular complexity index is 973. The maximum atomic E-state index is 13.2. The van der Waals surface area contributed by atoms with E-state index in [-0.39, 0.29) is 17.9 Å². The second-order valence-electron chi connectivity index (χ2n) is 9.55. The topological polar surface area (TPSA) is 58.4 Å². The molecular weight excluding hydrogens is 412 g/mol. The van der Waals surface area contributed by atoms with E-state index in [1.165, 1.54) is 24.0 Å². The highest BCUT2D eigenvalue weighted by atomic mass is 16.2. The fraction of sp³-hybridized carbons (Fsp3) is 0.519. The predicted molar refractivity (Wildman–Crippen MR) is 130 cm³/mol. The van der Waals surface area contributed by atoms with Gasteiger partial charge in [0.05, 0.1) is 0 Å². The van der Waals surface area contributed by atoms with Gasteiger partial charge in [0.1, 0.15) is 5.69 Å². The van der Waals surface area contributed by atoms with Crippen molar-refractivity contribution in [2.45, 2.75) is 57.4 Å². The van der Waals surface area contributed by atoms with Crippen LogP contribution in [0, 0.1) is 5.92 Å². The number of nitrogens with zero attached hydrogens (tertiary/aromatic N) is 4. The SMILES string of the molecule is CN(C(=O)c1ccn(C)n1)C(Cc1ccccc1)C1CCN(C(=O)CC2=CCCCC2)CC1. The van der Waals surface area contributed by atoms with E-state index in [0.29, 0.717) is 18.0 Å². The molecule has 0 radical (unpaired) electrons. The van der Waals surface area contributed by atoms with Crippen LogP contribution in [0.5, 0.6) is 0 Å². The molecule has 1 aromatic heterocycles. The first-order valence-electron chi connectivity index (χ1n) is 12.3. The molecule has 176 valence electrons. The predicted octanol–water partition coefficient (Wildman–Crippen LogP) is 4.23. The molecule has 0 spiro atoms. The molecule has 33 heavy (non-hydrogen) atoms. The number of carbonyl (C=O) groups is 2. The zero-order valence-electron chi connectivity index (χ0n) is 19.9. The van der Waals surface area contributed by atoms with Gasteiger partial charge in [-0.15, -0.1) is 0 Å². The third kappa shape index (κ3) is 5.92. The largest absolute Gasteiger partial charge is 0.342 e. The first-order valence-corrected chi connectivity index (χ1v) is 12.3. The van der Waals surface area contributed by atoms with Gasteiger partial charge in [0.25, 0.3) is 5.91 Å². The lowest BCUT2D eigenvalue weighted by Crippen LogP contribution is -2.48. The average Bonchev–Trinajstić information content (AvgIpc) is 3.29. The molecule has 1 aromatic carbocycles. The van der Waals surface area contributed by atoms with Crippen LogP contribution in [0.15, 0.2) is 54.2 Å². The molecule has 1 fully saturated rings. The fourth-order valence-corrected chi connectivity index (χ4v) is 5.24. The van der Waals surface area contributed by atoms with Gasteiger partial charge in [-0.05, 0) is 62.5 Å². The van der Waals surface area contributed by atoms with E-state index < -0.39 is 0 Å². The Morgan fingerprint density at radius 2 is 1.88 bits per heavy atom. The smallest absolute Gasteiger partial charge is 0.274 e. The third-order valence-corrected chi connectivity index (χ3v) is 7.24. The van der Waals surface area contributed by atoms with Gasteiger partial charge in [0.15, 0.2) is 0 Å². The number of rotatable bonds is 7. The van der Waals surface area contributed by atoms with E-state index in [0.717, 1.165) is 45.2 Å². The van der Waals surface area contributed by atoms with Crippen molar-refractivity contribution in [1.82, 2.24) is 19.6 Å². The van der Waals surface area contributed by atoms with Crippen molar-refractivity contribution in [3.63, 3.8) is 0 Å². The van der Waals surface area contributed by atoms with Gasteiger partial charge in [0.2, 0.25) is 5.91 Å². The van der Waals surface area contributed by atoms with Crippen molar-refractivity contribution < 1.29 is 9.59 Å². The Morgan fingerprint density at radius 3 is 2.52 bits per heavy atom. The highest BCUT2D eigenvalue weighted by Crippen LogP contribution is 2.28.